The fourth-order valence-electron chi connectivity index (χ4n) is 1.36. The van der Waals surface area contributed by atoms with Gasteiger partial charge in [-0.15, -0.1) is 0 Å². The SMILES string of the molecule is O=S(=O)(B(Cl)c1ccccc1)C1CC1. The van der Waals surface area contributed by atoms with E-state index in [1.807, 2.05) is 6.07 Å². The molecule has 0 bridgehead atoms. The van der Waals surface area contributed by atoms with Crippen molar-refractivity contribution in [1.82, 2.24) is 0 Å². The molecule has 0 aliphatic heterocycles. The predicted octanol–water partition coefficient (Wildman–Crippen LogP) is 1.20. The van der Waals surface area contributed by atoms with Crippen LogP contribution >= 0.6 is 11.5 Å². The van der Waals surface area contributed by atoms with Gasteiger partial charge in [-0.25, -0.2) is 8.42 Å². The summed E-state index contributed by atoms with van der Waals surface area (Å²) in [5.41, 5.74) is 0.668. The normalized spacial score (nSPS) is 16.6. The Labute approximate surface area is 89.1 Å². The summed E-state index contributed by atoms with van der Waals surface area (Å²) < 4.78 is 23.5. The molecule has 0 heterocycles. The van der Waals surface area contributed by atoms with Crippen LogP contribution < -0.4 is 5.46 Å². The van der Waals surface area contributed by atoms with Crippen LogP contribution in [0.5, 0.6) is 0 Å². The Kier molecular flexibility index (Phi) is 2.58. The standard InChI is InChI=1S/C9H10BClO2S/c11-10(8-4-2-1-3-5-8)14(12,13)9-6-7-9/h1-5,9H,6-7H2. The van der Waals surface area contributed by atoms with Gasteiger partial charge in [0.2, 0.25) is 0 Å². The van der Waals surface area contributed by atoms with E-state index in [2.05, 4.69) is 0 Å². The molecule has 0 atom stereocenters. The quantitative estimate of drug-likeness (QED) is 0.729. The van der Waals surface area contributed by atoms with E-state index < -0.39 is 15.1 Å². The Hall–Kier alpha value is -0.475. The van der Waals surface area contributed by atoms with E-state index >= 15 is 0 Å². The predicted molar refractivity (Wildman–Crippen MR) is 59.6 cm³/mol. The molecule has 0 saturated heterocycles. The molecule has 1 aliphatic rings. The monoisotopic (exact) mass is 228 g/mol. The van der Waals surface area contributed by atoms with Gasteiger partial charge in [0.1, 0.15) is 9.69 Å². The minimum Gasteiger partial charge on any atom is -0.239 e. The molecule has 1 aliphatic carbocycles. The third kappa shape index (κ3) is 1.81. The van der Waals surface area contributed by atoms with Crippen molar-refractivity contribution in [3.8, 4) is 0 Å². The van der Waals surface area contributed by atoms with Crippen molar-refractivity contribution in [2.24, 2.45) is 0 Å². The van der Waals surface area contributed by atoms with Crippen molar-refractivity contribution in [3.05, 3.63) is 30.3 Å². The number of hydrogen-bond acceptors (Lipinski definition) is 2. The van der Waals surface area contributed by atoms with Crippen molar-refractivity contribution in [3.63, 3.8) is 0 Å². The van der Waals surface area contributed by atoms with Gasteiger partial charge < -0.3 is 0 Å². The van der Waals surface area contributed by atoms with Crippen molar-refractivity contribution in [2.75, 3.05) is 0 Å². The van der Waals surface area contributed by atoms with Crippen molar-refractivity contribution >= 4 is 32.0 Å². The van der Waals surface area contributed by atoms with E-state index in [0.29, 0.717) is 5.46 Å². The lowest BCUT2D eigenvalue weighted by atomic mass is 9.93. The molecule has 1 aromatic carbocycles. The van der Waals surface area contributed by atoms with Gasteiger partial charge in [0.15, 0.2) is 0 Å². The highest BCUT2D eigenvalue weighted by Gasteiger charge is 2.43. The first-order valence-electron chi connectivity index (χ1n) is 4.54. The van der Waals surface area contributed by atoms with Crippen LogP contribution in [0.25, 0.3) is 0 Å². The lowest BCUT2D eigenvalue weighted by Gasteiger charge is -2.06. The first-order chi connectivity index (χ1) is 6.62. The minimum absolute atomic E-state index is 0.204. The third-order valence-electron chi connectivity index (χ3n) is 2.34. The van der Waals surface area contributed by atoms with Crippen molar-refractivity contribution in [1.29, 1.82) is 0 Å². The van der Waals surface area contributed by atoms with Gasteiger partial charge in [0, 0.05) is 0 Å². The topological polar surface area (TPSA) is 34.1 Å². The van der Waals surface area contributed by atoms with Crippen LogP contribution in [-0.4, -0.2) is 19.1 Å². The molecule has 1 saturated carbocycles. The summed E-state index contributed by atoms with van der Waals surface area (Å²) in [5, 5.41) is -1.08. The second-order valence-corrected chi connectivity index (χ2v) is 6.53. The Balaban J connectivity index is 2.28. The van der Waals surface area contributed by atoms with E-state index in [-0.39, 0.29) is 5.25 Å². The Morgan fingerprint density at radius 3 is 2.29 bits per heavy atom. The largest absolute Gasteiger partial charge is 0.423 e. The summed E-state index contributed by atoms with van der Waals surface area (Å²) in [5.74, 6) is 0. The lowest BCUT2D eigenvalue weighted by Crippen LogP contribution is -2.36. The number of halogens is 1. The van der Waals surface area contributed by atoms with Crippen molar-refractivity contribution < 1.29 is 8.42 Å². The molecular weight excluding hydrogens is 218 g/mol. The zero-order valence-corrected chi connectivity index (χ0v) is 9.13. The van der Waals surface area contributed by atoms with Gasteiger partial charge in [-0.1, -0.05) is 30.3 Å². The molecular formula is C9H10BClO2S. The fraction of sp³-hybridized carbons (Fsp3) is 0.333. The van der Waals surface area contributed by atoms with Gasteiger partial charge in [0.05, 0.1) is 5.25 Å². The van der Waals surface area contributed by atoms with E-state index in [9.17, 15) is 8.42 Å². The van der Waals surface area contributed by atoms with Gasteiger partial charge in [-0.3, -0.25) is 0 Å². The highest BCUT2D eigenvalue weighted by molar-refractivity contribution is 8.25. The molecule has 0 amide bonds. The Morgan fingerprint density at radius 2 is 1.79 bits per heavy atom. The number of benzene rings is 1. The van der Waals surface area contributed by atoms with Crippen LogP contribution in [0.3, 0.4) is 0 Å². The molecule has 0 spiro atoms. The zero-order chi connectivity index (χ0) is 10.2. The molecule has 1 fully saturated rings. The first kappa shape index (κ1) is 10.1. The number of rotatable bonds is 3. The third-order valence-corrected chi connectivity index (χ3v) is 5.59. The average Bonchev–Trinajstić information content (AvgIpc) is 3.01. The molecule has 74 valence electrons. The smallest absolute Gasteiger partial charge is 0.239 e. The lowest BCUT2D eigenvalue weighted by molar-refractivity contribution is 0.607. The first-order valence-corrected chi connectivity index (χ1v) is 6.58. The summed E-state index contributed by atoms with van der Waals surface area (Å²) in [7, 11) is -3.15. The van der Waals surface area contributed by atoms with E-state index in [1.165, 1.54) is 0 Å². The molecule has 2 nitrogen and oxygen atoms in total. The Bertz CT molecular complexity index is 414. The summed E-state index contributed by atoms with van der Waals surface area (Å²) in [4.78, 5) is 0. The van der Waals surface area contributed by atoms with Gasteiger partial charge >= 0.3 is 5.41 Å². The highest BCUT2D eigenvalue weighted by Crippen LogP contribution is 2.31. The Morgan fingerprint density at radius 1 is 1.21 bits per heavy atom. The summed E-state index contributed by atoms with van der Waals surface area (Å²) in [6, 6.07) is 8.94. The van der Waals surface area contributed by atoms with Crippen LogP contribution in [0.15, 0.2) is 30.3 Å². The van der Waals surface area contributed by atoms with Crippen LogP contribution in [0.4, 0.5) is 0 Å². The maximum absolute atomic E-state index is 11.8. The highest BCUT2D eigenvalue weighted by atomic mass is 35.5. The fourth-order valence-corrected chi connectivity index (χ4v) is 3.61. The molecule has 0 aromatic heterocycles. The molecule has 5 heteroatoms. The second kappa shape index (κ2) is 3.59. The molecule has 2 rings (SSSR count). The van der Waals surface area contributed by atoms with E-state index in [4.69, 9.17) is 11.5 Å². The van der Waals surface area contributed by atoms with Crippen molar-refractivity contribution in [2.45, 2.75) is 18.1 Å². The molecule has 0 radical (unpaired) electrons. The summed E-state index contributed by atoms with van der Waals surface area (Å²) in [6.07, 6.45) is 1.52. The van der Waals surface area contributed by atoms with Crippen LogP contribution in [0.1, 0.15) is 12.8 Å². The van der Waals surface area contributed by atoms with E-state index in [1.54, 1.807) is 24.3 Å². The average molecular weight is 229 g/mol. The zero-order valence-electron chi connectivity index (χ0n) is 7.56. The van der Waals surface area contributed by atoms with E-state index in [0.717, 1.165) is 12.8 Å². The van der Waals surface area contributed by atoms with Gasteiger partial charge in [0.25, 0.3) is 0 Å². The van der Waals surface area contributed by atoms with Gasteiger partial charge in [-0.2, -0.15) is 11.5 Å². The maximum atomic E-state index is 11.8. The molecule has 14 heavy (non-hydrogen) atoms. The van der Waals surface area contributed by atoms with Crippen LogP contribution in [0.2, 0.25) is 0 Å². The summed E-state index contributed by atoms with van der Waals surface area (Å²) in [6.45, 7) is 0. The number of hydrogen-bond donors (Lipinski definition) is 0. The van der Waals surface area contributed by atoms with Gasteiger partial charge in [-0.05, 0) is 18.3 Å². The second-order valence-electron chi connectivity index (χ2n) is 3.52. The van der Waals surface area contributed by atoms with Crippen LogP contribution in [-0.2, 0) is 9.69 Å². The molecule has 0 N–H and O–H groups in total. The molecule has 0 unspecified atom stereocenters. The minimum atomic E-state index is -3.15. The molecule has 1 aromatic rings. The maximum Gasteiger partial charge on any atom is 0.423 e. The van der Waals surface area contributed by atoms with Crippen LogP contribution in [0, 0.1) is 0 Å². The summed E-state index contributed by atoms with van der Waals surface area (Å²) >= 11 is 5.94.